The Morgan fingerprint density at radius 3 is 2.81 bits per heavy atom. The molecule has 1 N–H and O–H groups in total. The second-order valence-electron chi connectivity index (χ2n) is 7.51. The molecule has 1 aromatic rings. The molecule has 0 bridgehead atoms. The van der Waals surface area contributed by atoms with Gasteiger partial charge in [0.15, 0.2) is 0 Å². The second kappa shape index (κ2) is 8.59. The first-order valence-electron chi connectivity index (χ1n) is 9.05. The largest absolute Gasteiger partial charge is 0.465 e. The van der Waals surface area contributed by atoms with Crippen molar-refractivity contribution >= 4 is 28.9 Å². The van der Waals surface area contributed by atoms with Crippen LogP contribution in [0.15, 0.2) is 6.07 Å². The molecule has 1 aromatic heterocycles. The summed E-state index contributed by atoms with van der Waals surface area (Å²) < 4.78 is 4.90. The highest BCUT2D eigenvalue weighted by Gasteiger charge is 2.29. The molecule has 142 valence electrons. The number of carbonyl (C=O) groups excluding carboxylic acids is 2. The predicted molar refractivity (Wildman–Crippen MR) is 106 cm³/mol. The van der Waals surface area contributed by atoms with Crippen LogP contribution in [0.5, 0.6) is 0 Å². The van der Waals surface area contributed by atoms with Crippen molar-refractivity contribution in [2.24, 2.45) is 5.41 Å². The van der Waals surface area contributed by atoms with E-state index in [9.17, 15) is 9.59 Å². The highest BCUT2D eigenvalue weighted by atomic mass is 32.1. The van der Waals surface area contributed by atoms with Gasteiger partial charge in [0.1, 0.15) is 10.9 Å². The van der Waals surface area contributed by atoms with Crippen LogP contribution < -0.4 is 5.32 Å². The molecule has 0 saturated carbocycles. The molecule has 2 heterocycles. The quantitative estimate of drug-likeness (QED) is 0.628. The third-order valence-corrected chi connectivity index (χ3v) is 5.05. The third-order valence-electron chi connectivity index (χ3n) is 4.02. The number of nitrogens with one attached hydrogen (secondary N) is 1. The summed E-state index contributed by atoms with van der Waals surface area (Å²) in [5.41, 5.74) is 0.514. The number of anilines is 1. The molecular formula is C20H28N2O3S. The van der Waals surface area contributed by atoms with Gasteiger partial charge in [0.05, 0.1) is 17.7 Å². The zero-order valence-electron chi connectivity index (χ0n) is 16.3. The van der Waals surface area contributed by atoms with Gasteiger partial charge in [-0.3, -0.25) is 4.79 Å². The number of likely N-dealkylation sites (tertiary alicyclic amines) is 1. The monoisotopic (exact) mass is 376 g/mol. The van der Waals surface area contributed by atoms with E-state index in [2.05, 4.69) is 24.1 Å². The maximum atomic E-state index is 12.7. The van der Waals surface area contributed by atoms with E-state index in [4.69, 9.17) is 4.74 Å². The SMILES string of the molecule is CCCN1CCC[C@H](Nc2cc(C#CC(C)(C)C)sc2C(=O)OC)C1=O. The van der Waals surface area contributed by atoms with Gasteiger partial charge in [0, 0.05) is 18.5 Å². The van der Waals surface area contributed by atoms with Crippen LogP contribution in [0.1, 0.15) is 61.5 Å². The standard InChI is InChI=1S/C20H28N2O3S/c1-6-11-22-12-7-8-15(18(22)23)21-16-13-14(9-10-20(2,3)4)26-17(16)19(24)25-5/h13,15,21H,6-8,11-12H2,1-5H3/t15-/m0/s1. The van der Waals surface area contributed by atoms with Gasteiger partial charge in [-0.25, -0.2) is 4.79 Å². The van der Waals surface area contributed by atoms with Crippen molar-refractivity contribution in [1.82, 2.24) is 4.90 Å². The van der Waals surface area contributed by atoms with E-state index < -0.39 is 5.97 Å². The summed E-state index contributed by atoms with van der Waals surface area (Å²) in [5, 5.41) is 3.27. The van der Waals surface area contributed by atoms with E-state index in [0.29, 0.717) is 10.6 Å². The Balaban J connectivity index is 2.26. The van der Waals surface area contributed by atoms with E-state index >= 15 is 0 Å². The molecule has 0 radical (unpaired) electrons. The lowest BCUT2D eigenvalue weighted by molar-refractivity contribution is -0.134. The zero-order valence-corrected chi connectivity index (χ0v) is 17.1. The molecule has 26 heavy (non-hydrogen) atoms. The summed E-state index contributed by atoms with van der Waals surface area (Å²) >= 11 is 1.30. The fourth-order valence-corrected chi connectivity index (χ4v) is 3.70. The molecule has 1 aliphatic rings. The number of methoxy groups -OCH3 is 1. The molecule has 1 saturated heterocycles. The summed E-state index contributed by atoms with van der Waals surface area (Å²) in [4.78, 5) is 27.9. The van der Waals surface area contributed by atoms with Crippen LogP contribution in [0.3, 0.4) is 0 Å². The van der Waals surface area contributed by atoms with Crippen molar-refractivity contribution in [1.29, 1.82) is 0 Å². The van der Waals surface area contributed by atoms with Gasteiger partial charge >= 0.3 is 5.97 Å². The summed E-state index contributed by atoms with van der Waals surface area (Å²) in [6, 6.07) is 1.54. The van der Waals surface area contributed by atoms with Crippen molar-refractivity contribution in [3.05, 3.63) is 15.8 Å². The lowest BCUT2D eigenvalue weighted by Crippen LogP contribution is -2.47. The van der Waals surface area contributed by atoms with Crippen molar-refractivity contribution in [2.75, 3.05) is 25.5 Å². The molecule has 5 nitrogen and oxygen atoms in total. The number of hydrogen-bond acceptors (Lipinski definition) is 5. The molecule has 0 spiro atoms. The smallest absolute Gasteiger partial charge is 0.350 e. The molecule has 2 rings (SSSR count). The zero-order chi connectivity index (χ0) is 19.3. The minimum atomic E-state index is -0.407. The Hall–Kier alpha value is -2.00. The summed E-state index contributed by atoms with van der Waals surface area (Å²) in [6.07, 6.45) is 2.66. The number of rotatable bonds is 5. The summed E-state index contributed by atoms with van der Waals surface area (Å²) in [7, 11) is 1.36. The van der Waals surface area contributed by atoms with E-state index in [1.54, 1.807) is 0 Å². The van der Waals surface area contributed by atoms with Crippen molar-refractivity contribution in [3.63, 3.8) is 0 Å². The molecule has 0 unspecified atom stereocenters. The van der Waals surface area contributed by atoms with Crippen LogP contribution in [-0.2, 0) is 9.53 Å². The van der Waals surface area contributed by atoms with Crippen LogP contribution in [0.4, 0.5) is 5.69 Å². The number of carbonyl (C=O) groups is 2. The average Bonchev–Trinajstić information content (AvgIpc) is 2.98. The minimum Gasteiger partial charge on any atom is -0.465 e. The van der Waals surface area contributed by atoms with E-state index in [1.165, 1.54) is 18.4 Å². The molecule has 6 heteroatoms. The first-order chi connectivity index (χ1) is 12.2. The summed E-state index contributed by atoms with van der Waals surface area (Å²) in [6.45, 7) is 9.76. The van der Waals surface area contributed by atoms with Gasteiger partial charge in [0.25, 0.3) is 0 Å². The van der Waals surface area contributed by atoms with Gasteiger partial charge in [-0.15, -0.1) is 11.3 Å². The Morgan fingerprint density at radius 2 is 2.19 bits per heavy atom. The molecule has 0 aromatic carbocycles. The van der Waals surface area contributed by atoms with Gasteiger partial charge in [-0.05, 0) is 46.1 Å². The summed E-state index contributed by atoms with van der Waals surface area (Å²) in [5.74, 6) is 6.00. The third kappa shape index (κ3) is 5.25. The number of nitrogens with zero attached hydrogens (tertiary/aromatic N) is 1. The normalized spacial score (nSPS) is 17.5. The Morgan fingerprint density at radius 1 is 1.46 bits per heavy atom. The van der Waals surface area contributed by atoms with E-state index in [-0.39, 0.29) is 17.4 Å². The Kier molecular flexibility index (Phi) is 6.71. The van der Waals surface area contributed by atoms with Crippen LogP contribution in [0.2, 0.25) is 0 Å². The average molecular weight is 377 g/mol. The topological polar surface area (TPSA) is 58.6 Å². The van der Waals surface area contributed by atoms with Gasteiger partial charge < -0.3 is 15.0 Å². The Bertz CT molecular complexity index is 720. The number of thiophene rings is 1. The van der Waals surface area contributed by atoms with Gasteiger partial charge in [-0.2, -0.15) is 0 Å². The van der Waals surface area contributed by atoms with Crippen molar-refractivity contribution in [3.8, 4) is 11.8 Å². The fourth-order valence-electron chi connectivity index (χ4n) is 2.81. The molecule has 1 amide bonds. The number of ether oxygens (including phenoxy) is 1. The molecule has 1 fully saturated rings. The van der Waals surface area contributed by atoms with Crippen molar-refractivity contribution in [2.45, 2.75) is 53.0 Å². The predicted octanol–water partition coefficient (Wildman–Crippen LogP) is 3.75. The fraction of sp³-hybridized carbons (Fsp3) is 0.600. The number of esters is 1. The molecular weight excluding hydrogens is 348 g/mol. The van der Waals surface area contributed by atoms with Crippen LogP contribution in [0.25, 0.3) is 0 Å². The maximum Gasteiger partial charge on any atom is 0.350 e. The molecule has 1 atom stereocenters. The maximum absolute atomic E-state index is 12.7. The number of hydrogen-bond donors (Lipinski definition) is 1. The number of piperidine rings is 1. The van der Waals surface area contributed by atoms with Crippen LogP contribution in [-0.4, -0.2) is 43.0 Å². The lowest BCUT2D eigenvalue weighted by atomic mass is 9.98. The Labute approximate surface area is 160 Å². The first-order valence-corrected chi connectivity index (χ1v) is 9.87. The van der Waals surface area contributed by atoms with E-state index in [0.717, 1.165) is 37.2 Å². The van der Waals surface area contributed by atoms with E-state index in [1.807, 2.05) is 31.7 Å². The molecule has 1 aliphatic heterocycles. The lowest BCUT2D eigenvalue weighted by Gasteiger charge is -2.32. The molecule has 0 aliphatic carbocycles. The van der Waals surface area contributed by atoms with Crippen LogP contribution >= 0.6 is 11.3 Å². The minimum absolute atomic E-state index is 0.0995. The highest BCUT2D eigenvalue weighted by Crippen LogP contribution is 2.30. The second-order valence-corrected chi connectivity index (χ2v) is 8.56. The van der Waals surface area contributed by atoms with Crippen LogP contribution in [0, 0.1) is 17.3 Å². The highest BCUT2D eigenvalue weighted by molar-refractivity contribution is 7.15. The van der Waals surface area contributed by atoms with Gasteiger partial charge in [-0.1, -0.05) is 18.8 Å². The van der Waals surface area contributed by atoms with Gasteiger partial charge in [0.2, 0.25) is 5.91 Å². The first kappa shape index (κ1) is 20.3. The number of amides is 1. The van der Waals surface area contributed by atoms with Crippen molar-refractivity contribution < 1.29 is 14.3 Å².